The van der Waals surface area contributed by atoms with E-state index in [0.29, 0.717) is 17.4 Å². The molecular formula is C13H11ClO3. The summed E-state index contributed by atoms with van der Waals surface area (Å²) in [6.07, 6.45) is 2.91. The van der Waals surface area contributed by atoms with Crippen molar-refractivity contribution in [1.29, 1.82) is 0 Å². The van der Waals surface area contributed by atoms with Crippen molar-refractivity contribution in [2.45, 2.75) is 6.92 Å². The zero-order chi connectivity index (χ0) is 12.3. The Bertz CT molecular complexity index is 569. The molecule has 3 nitrogen and oxygen atoms in total. The molecule has 1 aromatic heterocycles. The SMILES string of the molecule is CCOC(=O)/C=C/c1cc2cc(Cl)ccc2o1. The largest absolute Gasteiger partial charge is 0.463 e. The van der Waals surface area contributed by atoms with Crippen molar-refractivity contribution < 1.29 is 13.9 Å². The Kier molecular flexibility index (Phi) is 3.49. The first kappa shape index (κ1) is 11.7. The highest BCUT2D eigenvalue weighted by Crippen LogP contribution is 2.23. The average molecular weight is 251 g/mol. The van der Waals surface area contributed by atoms with Crippen LogP contribution in [0.4, 0.5) is 0 Å². The number of rotatable bonds is 3. The number of esters is 1. The Morgan fingerprint density at radius 2 is 2.29 bits per heavy atom. The monoisotopic (exact) mass is 250 g/mol. The van der Waals surface area contributed by atoms with E-state index < -0.39 is 0 Å². The van der Waals surface area contributed by atoms with Gasteiger partial charge in [-0.25, -0.2) is 4.79 Å². The fraction of sp³-hybridized carbons (Fsp3) is 0.154. The van der Waals surface area contributed by atoms with Gasteiger partial charge in [0, 0.05) is 16.5 Å². The highest BCUT2D eigenvalue weighted by molar-refractivity contribution is 6.31. The van der Waals surface area contributed by atoms with E-state index in [1.807, 2.05) is 12.1 Å². The molecule has 2 rings (SSSR count). The van der Waals surface area contributed by atoms with Crippen molar-refractivity contribution in [3.05, 3.63) is 41.1 Å². The number of carbonyl (C=O) groups is 1. The summed E-state index contributed by atoms with van der Waals surface area (Å²) in [7, 11) is 0. The Morgan fingerprint density at radius 1 is 1.47 bits per heavy atom. The molecule has 0 aliphatic carbocycles. The predicted octanol–water partition coefficient (Wildman–Crippen LogP) is 3.66. The van der Waals surface area contributed by atoms with Crippen LogP contribution in [0.15, 0.2) is 34.8 Å². The van der Waals surface area contributed by atoms with Gasteiger partial charge in [0.2, 0.25) is 0 Å². The summed E-state index contributed by atoms with van der Waals surface area (Å²) >= 11 is 5.86. The standard InChI is InChI=1S/C13H11ClO3/c1-2-16-13(15)6-4-11-8-9-7-10(14)3-5-12(9)17-11/h3-8H,2H2,1H3/b6-4+. The van der Waals surface area contributed by atoms with Crippen LogP contribution in [-0.2, 0) is 9.53 Å². The molecule has 4 heteroatoms. The molecule has 0 amide bonds. The summed E-state index contributed by atoms with van der Waals surface area (Å²) in [5, 5.41) is 1.56. The van der Waals surface area contributed by atoms with Gasteiger partial charge >= 0.3 is 5.97 Å². The number of halogens is 1. The summed E-state index contributed by atoms with van der Waals surface area (Å²) in [4.78, 5) is 11.1. The third-order valence-electron chi connectivity index (χ3n) is 2.17. The van der Waals surface area contributed by atoms with E-state index in [4.69, 9.17) is 20.8 Å². The minimum Gasteiger partial charge on any atom is -0.463 e. The van der Waals surface area contributed by atoms with Gasteiger partial charge in [-0.15, -0.1) is 0 Å². The van der Waals surface area contributed by atoms with Crippen LogP contribution in [0.25, 0.3) is 17.0 Å². The average Bonchev–Trinajstić information content (AvgIpc) is 2.68. The van der Waals surface area contributed by atoms with Crippen LogP contribution in [-0.4, -0.2) is 12.6 Å². The van der Waals surface area contributed by atoms with Gasteiger partial charge in [-0.05, 0) is 37.3 Å². The van der Waals surface area contributed by atoms with Crippen molar-refractivity contribution in [3.8, 4) is 0 Å². The number of hydrogen-bond donors (Lipinski definition) is 0. The summed E-state index contributed by atoms with van der Waals surface area (Å²) in [6, 6.07) is 7.17. The van der Waals surface area contributed by atoms with Crippen LogP contribution in [0.5, 0.6) is 0 Å². The fourth-order valence-electron chi connectivity index (χ4n) is 1.46. The van der Waals surface area contributed by atoms with Crippen LogP contribution in [0, 0.1) is 0 Å². The van der Waals surface area contributed by atoms with E-state index in [2.05, 4.69) is 0 Å². The zero-order valence-corrected chi connectivity index (χ0v) is 10.0. The van der Waals surface area contributed by atoms with Gasteiger partial charge in [0.15, 0.2) is 0 Å². The molecule has 0 unspecified atom stereocenters. The third kappa shape index (κ3) is 2.88. The van der Waals surface area contributed by atoms with Crippen LogP contribution in [0.3, 0.4) is 0 Å². The molecule has 0 N–H and O–H groups in total. The molecule has 1 aromatic carbocycles. The maximum Gasteiger partial charge on any atom is 0.330 e. The molecule has 17 heavy (non-hydrogen) atoms. The van der Waals surface area contributed by atoms with Gasteiger partial charge in [0.25, 0.3) is 0 Å². The lowest BCUT2D eigenvalue weighted by Crippen LogP contribution is -1.98. The molecule has 0 aliphatic rings. The second kappa shape index (κ2) is 5.06. The van der Waals surface area contributed by atoms with E-state index in [1.54, 1.807) is 25.1 Å². The highest BCUT2D eigenvalue weighted by atomic mass is 35.5. The quantitative estimate of drug-likeness (QED) is 0.616. The van der Waals surface area contributed by atoms with Crippen LogP contribution < -0.4 is 0 Å². The van der Waals surface area contributed by atoms with Crippen LogP contribution in [0.2, 0.25) is 5.02 Å². The molecule has 0 radical (unpaired) electrons. The molecule has 0 saturated carbocycles. The minimum absolute atomic E-state index is 0.360. The molecule has 1 heterocycles. The zero-order valence-electron chi connectivity index (χ0n) is 9.27. The van der Waals surface area contributed by atoms with E-state index in [1.165, 1.54) is 6.08 Å². The maximum atomic E-state index is 11.1. The second-order valence-electron chi connectivity index (χ2n) is 3.42. The Hall–Kier alpha value is -1.74. The number of furan rings is 1. The lowest BCUT2D eigenvalue weighted by atomic mass is 10.2. The summed E-state index contributed by atoms with van der Waals surface area (Å²) in [5.74, 6) is 0.210. The number of carbonyl (C=O) groups excluding carboxylic acids is 1. The van der Waals surface area contributed by atoms with E-state index in [-0.39, 0.29) is 5.97 Å². The van der Waals surface area contributed by atoms with Gasteiger partial charge in [0.1, 0.15) is 11.3 Å². The van der Waals surface area contributed by atoms with Crippen molar-refractivity contribution in [1.82, 2.24) is 0 Å². The molecule has 88 valence electrons. The first-order valence-electron chi connectivity index (χ1n) is 5.23. The second-order valence-corrected chi connectivity index (χ2v) is 3.85. The predicted molar refractivity (Wildman–Crippen MR) is 66.9 cm³/mol. The highest BCUT2D eigenvalue weighted by Gasteiger charge is 2.02. The Morgan fingerprint density at radius 3 is 3.06 bits per heavy atom. The maximum absolute atomic E-state index is 11.1. The number of fused-ring (bicyclic) bond motifs is 1. The molecule has 2 aromatic rings. The Labute approximate surface area is 104 Å². The minimum atomic E-state index is -0.383. The molecule has 0 saturated heterocycles. The first-order chi connectivity index (χ1) is 8.19. The number of ether oxygens (including phenoxy) is 1. The van der Waals surface area contributed by atoms with Gasteiger partial charge in [-0.3, -0.25) is 0 Å². The van der Waals surface area contributed by atoms with Crippen LogP contribution >= 0.6 is 11.6 Å². The van der Waals surface area contributed by atoms with Crippen LogP contribution in [0.1, 0.15) is 12.7 Å². The van der Waals surface area contributed by atoms with Gasteiger partial charge in [-0.2, -0.15) is 0 Å². The third-order valence-corrected chi connectivity index (χ3v) is 2.40. The summed E-state index contributed by atoms with van der Waals surface area (Å²) in [6.45, 7) is 2.12. The van der Waals surface area contributed by atoms with E-state index in [9.17, 15) is 4.79 Å². The van der Waals surface area contributed by atoms with Crippen molar-refractivity contribution in [2.24, 2.45) is 0 Å². The van der Waals surface area contributed by atoms with Crippen molar-refractivity contribution >= 4 is 34.6 Å². The topological polar surface area (TPSA) is 39.4 Å². The van der Waals surface area contributed by atoms with E-state index in [0.717, 1.165) is 11.0 Å². The molecule has 0 bridgehead atoms. The van der Waals surface area contributed by atoms with E-state index >= 15 is 0 Å². The summed E-state index contributed by atoms with van der Waals surface area (Å²) in [5.41, 5.74) is 0.734. The molecule has 0 spiro atoms. The number of hydrogen-bond acceptors (Lipinski definition) is 3. The van der Waals surface area contributed by atoms with Gasteiger partial charge < -0.3 is 9.15 Å². The fourth-order valence-corrected chi connectivity index (χ4v) is 1.64. The van der Waals surface area contributed by atoms with Gasteiger partial charge in [-0.1, -0.05) is 11.6 Å². The smallest absolute Gasteiger partial charge is 0.330 e. The molecule has 0 aliphatic heterocycles. The van der Waals surface area contributed by atoms with Crippen molar-refractivity contribution in [2.75, 3.05) is 6.61 Å². The number of benzene rings is 1. The lowest BCUT2D eigenvalue weighted by molar-refractivity contribution is -0.137. The normalized spacial score (nSPS) is 11.2. The van der Waals surface area contributed by atoms with Crippen molar-refractivity contribution in [3.63, 3.8) is 0 Å². The molecule has 0 fully saturated rings. The molecular weight excluding hydrogens is 240 g/mol. The molecule has 0 atom stereocenters. The summed E-state index contributed by atoms with van der Waals surface area (Å²) < 4.78 is 10.3. The van der Waals surface area contributed by atoms with Gasteiger partial charge in [0.05, 0.1) is 6.61 Å². The Balaban J connectivity index is 2.22. The lowest BCUT2D eigenvalue weighted by Gasteiger charge is -1.92. The first-order valence-corrected chi connectivity index (χ1v) is 5.61.